The molecule has 2 aromatic rings. The smallest absolute Gasteiger partial charge is 0.241 e. The Hall–Kier alpha value is -2.03. The quantitative estimate of drug-likeness (QED) is 0.784. The lowest BCUT2D eigenvalue weighted by atomic mass is 10.1. The number of hydrogen-bond donors (Lipinski definition) is 0. The number of nitrogens with one attached hydrogen (secondary N) is 1. The Bertz CT molecular complexity index is 503. The lowest BCUT2D eigenvalue weighted by Gasteiger charge is -2.07. The van der Waals surface area contributed by atoms with Crippen LogP contribution in [0, 0.1) is 0 Å². The molecule has 0 fully saturated rings. The highest BCUT2D eigenvalue weighted by Gasteiger charge is 2.01. The second kappa shape index (κ2) is 4.66. The maximum Gasteiger partial charge on any atom is 0.241 e. The van der Waals surface area contributed by atoms with Crippen LogP contribution in [0.3, 0.4) is 0 Å². The fourth-order valence-electron chi connectivity index (χ4n) is 1.58. The molecule has 1 amide bonds. The van der Waals surface area contributed by atoms with Crippen molar-refractivity contribution in [2.75, 3.05) is 6.61 Å². The molecular formula is C13H12NO2. The predicted molar refractivity (Wildman–Crippen MR) is 62.2 cm³/mol. The van der Waals surface area contributed by atoms with Gasteiger partial charge in [-0.2, -0.15) is 0 Å². The zero-order valence-electron chi connectivity index (χ0n) is 8.77. The first-order valence-corrected chi connectivity index (χ1v) is 5.12. The molecule has 0 aliphatic heterocycles. The Morgan fingerprint density at radius 3 is 2.69 bits per heavy atom. The van der Waals surface area contributed by atoms with Crippen LogP contribution in [-0.4, -0.2) is 12.5 Å². The predicted octanol–water partition coefficient (Wildman–Crippen LogP) is 2.42. The third-order valence-electron chi connectivity index (χ3n) is 2.34. The van der Waals surface area contributed by atoms with E-state index in [-0.39, 0.29) is 13.0 Å². The zero-order valence-corrected chi connectivity index (χ0v) is 8.77. The maximum absolute atomic E-state index is 10.5. The molecule has 0 saturated carbocycles. The van der Waals surface area contributed by atoms with Crippen LogP contribution in [0.15, 0.2) is 42.5 Å². The number of fused-ring (bicyclic) bond motifs is 1. The summed E-state index contributed by atoms with van der Waals surface area (Å²) in [4.78, 5) is 10.5. The monoisotopic (exact) mass is 214 g/mol. The van der Waals surface area contributed by atoms with E-state index in [0.717, 1.165) is 16.5 Å². The summed E-state index contributed by atoms with van der Waals surface area (Å²) in [6.45, 7) is 0.260. The molecule has 81 valence electrons. The molecule has 0 saturated heterocycles. The van der Waals surface area contributed by atoms with E-state index in [1.54, 1.807) is 0 Å². The lowest BCUT2D eigenvalue weighted by Crippen LogP contribution is -2.06. The summed E-state index contributed by atoms with van der Waals surface area (Å²) in [5, 5.41) is 2.14. The Balaban J connectivity index is 2.20. The summed E-state index contributed by atoms with van der Waals surface area (Å²) in [6, 6.07) is 13.7. The van der Waals surface area contributed by atoms with Gasteiger partial charge in [-0.25, -0.2) is 0 Å². The van der Waals surface area contributed by atoms with Gasteiger partial charge in [0.2, 0.25) is 5.91 Å². The maximum atomic E-state index is 10.5. The summed E-state index contributed by atoms with van der Waals surface area (Å²) in [5.41, 5.74) is 6.79. The SMILES string of the molecule is [NH]C(=O)CCOc1cccc2ccccc12. The summed E-state index contributed by atoms with van der Waals surface area (Å²) < 4.78 is 5.49. The second-order valence-corrected chi connectivity index (χ2v) is 3.50. The summed E-state index contributed by atoms with van der Waals surface area (Å²) in [7, 11) is 0. The number of benzene rings is 2. The van der Waals surface area contributed by atoms with E-state index in [1.807, 2.05) is 42.5 Å². The summed E-state index contributed by atoms with van der Waals surface area (Å²) >= 11 is 0. The molecule has 1 N–H and O–H groups in total. The molecule has 0 unspecified atom stereocenters. The van der Waals surface area contributed by atoms with Crippen LogP contribution in [0.5, 0.6) is 5.75 Å². The largest absolute Gasteiger partial charge is 0.492 e. The molecule has 1 radical (unpaired) electrons. The molecule has 0 bridgehead atoms. The van der Waals surface area contributed by atoms with Crippen molar-refractivity contribution in [2.45, 2.75) is 6.42 Å². The molecule has 3 nitrogen and oxygen atoms in total. The van der Waals surface area contributed by atoms with Gasteiger partial charge in [0, 0.05) is 5.39 Å². The van der Waals surface area contributed by atoms with Gasteiger partial charge in [0.15, 0.2) is 0 Å². The van der Waals surface area contributed by atoms with Crippen LogP contribution in [0.25, 0.3) is 10.8 Å². The van der Waals surface area contributed by atoms with Gasteiger partial charge in [0.25, 0.3) is 0 Å². The van der Waals surface area contributed by atoms with E-state index in [4.69, 9.17) is 10.5 Å². The van der Waals surface area contributed by atoms with Crippen LogP contribution >= 0.6 is 0 Å². The Kier molecular flexibility index (Phi) is 3.05. The van der Waals surface area contributed by atoms with E-state index in [2.05, 4.69) is 0 Å². The minimum absolute atomic E-state index is 0.128. The number of rotatable bonds is 4. The third-order valence-corrected chi connectivity index (χ3v) is 2.34. The van der Waals surface area contributed by atoms with Gasteiger partial charge < -0.3 is 4.74 Å². The van der Waals surface area contributed by atoms with Gasteiger partial charge in [0.05, 0.1) is 13.0 Å². The number of ether oxygens (including phenoxy) is 1. The molecule has 0 aliphatic carbocycles. The Morgan fingerprint density at radius 1 is 1.12 bits per heavy atom. The fraction of sp³-hybridized carbons (Fsp3) is 0.154. The van der Waals surface area contributed by atoms with Crippen molar-refractivity contribution in [2.24, 2.45) is 0 Å². The number of carbonyl (C=O) groups is 1. The van der Waals surface area contributed by atoms with E-state index in [1.165, 1.54) is 0 Å². The highest BCUT2D eigenvalue weighted by Crippen LogP contribution is 2.24. The zero-order chi connectivity index (χ0) is 11.4. The highest BCUT2D eigenvalue weighted by molar-refractivity contribution is 5.88. The molecule has 0 aromatic heterocycles. The first-order valence-electron chi connectivity index (χ1n) is 5.12. The van der Waals surface area contributed by atoms with E-state index < -0.39 is 5.91 Å². The molecule has 0 atom stereocenters. The van der Waals surface area contributed by atoms with E-state index in [9.17, 15) is 4.79 Å². The lowest BCUT2D eigenvalue weighted by molar-refractivity contribution is -0.119. The second-order valence-electron chi connectivity index (χ2n) is 3.50. The number of amides is 1. The highest BCUT2D eigenvalue weighted by atomic mass is 16.5. The van der Waals surface area contributed by atoms with Gasteiger partial charge in [-0.3, -0.25) is 10.5 Å². The van der Waals surface area contributed by atoms with E-state index in [0.29, 0.717) is 0 Å². The van der Waals surface area contributed by atoms with Crippen molar-refractivity contribution in [1.29, 1.82) is 0 Å². The van der Waals surface area contributed by atoms with Gasteiger partial charge in [0.1, 0.15) is 5.75 Å². The van der Waals surface area contributed by atoms with Crippen molar-refractivity contribution >= 4 is 16.7 Å². The van der Waals surface area contributed by atoms with Crippen LogP contribution in [0.1, 0.15) is 6.42 Å². The number of carbonyl (C=O) groups excluding carboxylic acids is 1. The molecule has 3 heteroatoms. The molecule has 0 spiro atoms. The molecule has 2 rings (SSSR count). The molecule has 16 heavy (non-hydrogen) atoms. The Labute approximate surface area is 93.8 Å². The molecule has 0 aliphatic rings. The topological polar surface area (TPSA) is 50.1 Å². The van der Waals surface area contributed by atoms with Crippen molar-refractivity contribution in [3.63, 3.8) is 0 Å². The van der Waals surface area contributed by atoms with Gasteiger partial charge in [-0.05, 0) is 11.5 Å². The average molecular weight is 214 g/mol. The number of hydrogen-bond acceptors (Lipinski definition) is 2. The fourth-order valence-corrected chi connectivity index (χ4v) is 1.58. The van der Waals surface area contributed by atoms with Crippen LogP contribution < -0.4 is 10.5 Å². The van der Waals surface area contributed by atoms with Crippen molar-refractivity contribution < 1.29 is 9.53 Å². The van der Waals surface area contributed by atoms with Gasteiger partial charge in [-0.15, -0.1) is 0 Å². The first kappa shape index (κ1) is 10.5. The average Bonchev–Trinajstić information content (AvgIpc) is 2.29. The Morgan fingerprint density at radius 2 is 1.88 bits per heavy atom. The van der Waals surface area contributed by atoms with Gasteiger partial charge >= 0.3 is 0 Å². The molecular weight excluding hydrogens is 202 g/mol. The van der Waals surface area contributed by atoms with Crippen molar-refractivity contribution in [1.82, 2.24) is 5.73 Å². The van der Waals surface area contributed by atoms with Crippen molar-refractivity contribution in [3.8, 4) is 5.75 Å². The van der Waals surface area contributed by atoms with E-state index >= 15 is 0 Å². The first-order chi connectivity index (χ1) is 7.77. The summed E-state index contributed by atoms with van der Waals surface area (Å²) in [6.07, 6.45) is 0.128. The third kappa shape index (κ3) is 2.31. The van der Waals surface area contributed by atoms with Crippen molar-refractivity contribution in [3.05, 3.63) is 42.5 Å². The van der Waals surface area contributed by atoms with Crippen LogP contribution in [0.4, 0.5) is 0 Å². The normalized spacial score (nSPS) is 10.2. The standard InChI is InChI=1S/C13H12NO2/c14-13(15)8-9-16-12-7-3-5-10-4-1-2-6-11(10)12/h1-7,14H,8-9H2. The molecule has 2 aromatic carbocycles. The minimum Gasteiger partial charge on any atom is -0.492 e. The van der Waals surface area contributed by atoms with Gasteiger partial charge in [-0.1, -0.05) is 36.4 Å². The molecule has 0 heterocycles. The van der Waals surface area contributed by atoms with Crippen LogP contribution in [0.2, 0.25) is 0 Å². The van der Waals surface area contributed by atoms with Crippen LogP contribution in [-0.2, 0) is 4.79 Å². The minimum atomic E-state index is -0.597. The summed E-state index contributed by atoms with van der Waals surface area (Å²) in [5.74, 6) is 0.166.